The van der Waals surface area contributed by atoms with Crippen LogP contribution in [0.5, 0.6) is 0 Å². The molecule has 0 bridgehead atoms. The molecule has 1 aliphatic heterocycles. The first-order chi connectivity index (χ1) is 15.0. The van der Waals surface area contributed by atoms with E-state index >= 15 is 4.39 Å². The van der Waals surface area contributed by atoms with Crippen molar-refractivity contribution < 1.29 is 28.1 Å². The number of carbonyl (C=O) groups is 1. The van der Waals surface area contributed by atoms with Crippen molar-refractivity contribution in [2.24, 2.45) is 0 Å². The Hall–Kier alpha value is -3.43. The van der Waals surface area contributed by atoms with E-state index in [9.17, 15) is 22.4 Å². The molecule has 31 heavy (non-hydrogen) atoms. The van der Waals surface area contributed by atoms with E-state index in [2.05, 4.69) is 15.2 Å². The zero-order valence-electron chi connectivity index (χ0n) is 17.0. The van der Waals surface area contributed by atoms with Crippen molar-refractivity contribution in [3.8, 4) is 11.4 Å². The number of hydrogen-bond acceptors (Lipinski definition) is 4. The fourth-order valence-corrected chi connectivity index (χ4v) is 3.40. The van der Waals surface area contributed by atoms with Crippen LogP contribution in [0.3, 0.4) is 0 Å². The van der Waals surface area contributed by atoms with Crippen molar-refractivity contribution >= 4 is 5.91 Å². The molecule has 1 unspecified atom stereocenters. The van der Waals surface area contributed by atoms with Crippen LogP contribution in [0.15, 0.2) is 42.7 Å². The minimum atomic E-state index is -4.92. The van der Waals surface area contributed by atoms with Crippen molar-refractivity contribution in [1.82, 2.24) is 20.1 Å². The van der Waals surface area contributed by atoms with Gasteiger partial charge in [0.2, 0.25) is 0 Å². The van der Waals surface area contributed by atoms with Crippen LogP contribution in [0.4, 0.5) is 22.0 Å². The van der Waals surface area contributed by atoms with Crippen molar-refractivity contribution in [3.63, 3.8) is 0 Å². The number of rotatable bonds is 3. The predicted molar refractivity (Wildman–Crippen MR) is 100 cm³/mol. The third-order valence-corrected chi connectivity index (χ3v) is 4.96. The van der Waals surface area contributed by atoms with Gasteiger partial charge in [0.1, 0.15) is 11.5 Å². The van der Waals surface area contributed by atoms with Gasteiger partial charge in [-0.3, -0.25) is 9.78 Å². The number of carbonyl (C=O) groups excluding carboxylic acids is 1. The number of likely N-dealkylation sites (N-methyl/N-ethyl adjacent to an activating group) is 1. The van der Waals surface area contributed by atoms with Crippen molar-refractivity contribution in [3.05, 3.63) is 76.4 Å². The zero-order valence-corrected chi connectivity index (χ0v) is 16.0. The lowest BCUT2D eigenvalue weighted by Crippen LogP contribution is -2.34. The number of hydrogen-bond donors (Lipinski definition) is 0. The molecule has 0 N–H and O–H groups in total. The van der Waals surface area contributed by atoms with Gasteiger partial charge in [-0.1, -0.05) is 0 Å². The molecule has 1 aromatic carbocycles. The quantitative estimate of drug-likeness (QED) is 0.573. The monoisotopic (exact) mass is 435 g/mol. The van der Waals surface area contributed by atoms with Gasteiger partial charge in [0.05, 0.1) is 18.8 Å². The topological polar surface area (TPSA) is 59.0 Å². The number of benzene rings is 1. The van der Waals surface area contributed by atoms with E-state index in [1.165, 1.54) is 11.1 Å². The molecule has 1 atom stereocenters. The second kappa shape index (κ2) is 7.68. The van der Waals surface area contributed by atoms with Crippen LogP contribution in [0.1, 0.15) is 40.1 Å². The third-order valence-electron chi connectivity index (χ3n) is 4.96. The number of fused-ring (bicyclic) bond motifs is 1. The van der Waals surface area contributed by atoms with Gasteiger partial charge in [-0.2, -0.15) is 18.3 Å². The molecule has 0 fully saturated rings. The predicted octanol–water partition coefficient (Wildman–Crippen LogP) is 4.38. The lowest BCUT2D eigenvalue weighted by atomic mass is 9.95. The molecule has 0 saturated heterocycles. The van der Waals surface area contributed by atoms with E-state index < -0.39 is 34.8 Å². The van der Waals surface area contributed by atoms with Gasteiger partial charge in [-0.05, 0) is 47.9 Å². The van der Waals surface area contributed by atoms with Crippen LogP contribution >= 0.6 is 0 Å². The van der Waals surface area contributed by atoms with Crippen LogP contribution in [0.25, 0.3) is 11.4 Å². The van der Waals surface area contributed by atoms with Gasteiger partial charge in [-0.25, -0.2) is 8.78 Å². The van der Waals surface area contributed by atoms with Crippen LogP contribution < -0.4 is 0 Å². The highest BCUT2D eigenvalue weighted by molar-refractivity contribution is 5.98. The summed E-state index contributed by atoms with van der Waals surface area (Å²) in [5, 5.41) is 7.57. The first-order valence-corrected chi connectivity index (χ1v) is 9.12. The molecule has 160 valence electrons. The maximum absolute atomic E-state index is 15.4. The molecule has 0 saturated carbocycles. The van der Waals surface area contributed by atoms with Crippen LogP contribution in [-0.2, 0) is 12.6 Å². The fraction of sp³-hybridized carbons (Fsp3) is 0.238. The first-order valence-electron chi connectivity index (χ1n) is 9.62. The maximum atomic E-state index is 15.4. The summed E-state index contributed by atoms with van der Waals surface area (Å²) < 4.78 is 76.4. The van der Waals surface area contributed by atoms with Gasteiger partial charge in [0.25, 0.3) is 5.91 Å². The summed E-state index contributed by atoms with van der Waals surface area (Å²) in [7, 11) is 1.65. The smallest absolute Gasteiger partial charge is 0.341 e. The number of halogens is 5. The lowest BCUT2D eigenvalue weighted by molar-refractivity contribution is -0.137. The summed E-state index contributed by atoms with van der Waals surface area (Å²) in [5.74, 6) is -1.55. The Kier molecular flexibility index (Phi) is 4.84. The second-order valence-electron chi connectivity index (χ2n) is 7.03. The molecular weight excluding hydrogens is 419 g/mol. The standard InChI is InChI=1S/C21H15F5N4O/c1-30-5-3-15-16(20(30)31)2-4-27-19(15)17-8-12(10-28-29-17)18(23)11-6-13(21(24,25)26)9-14(22)7-11/h2,4,6-10,18H,3,5H2,1H3/i18D. The Balaban J connectivity index is 1.80. The summed E-state index contributed by atoms with van der Waals surface area (Å²) in [6.45, 7) is 0.423. The SMILES string of the molecule is [2H]C(F)(c1cc(F)cc(C(F)(F)F)c1)c1cnnc(-c2nccc3c2CCN(C)C3=O)c1. The van der Waals surface area contributed by atoms with Crippen molar-refractivity contribution in [1.29, 1.82) is 0 Å². The van der Waals surface area contributed by atoms with E-state index in [0.29, 0.717) is 36.2 Å². The number of aromatic nitrogens is 3. The number of pyridine rings is 1. The summed E-state index contributed by atoms with van der Waals surface area (Å²) in [4.78, 5) is 18.1. The van der Waals surface area contributed by atoms with Gasteiger partial charge in [-0.15, -0.1) is 5.10 Å². The molecule has 3 aromatic rings. The van der Waals surface area contributed by atoms with E-state index in [4.69, 9.17) is 1.37 Å². The van der Waals surface area contributed by atoms with E-state index in [1.807, 2.05) is 0 Å². The molecule has 0 spiro atoms. The van der Waals surface area contributed by atoms with Gasteiger partial charge in [0, 0.05) is 30.9 Å². The van der Waals surface area contributed by atoms with Gasteiger partial charge < -0.3 is 4.90 Å². The number of alkyl halides is 4. The van der Waals surface area contributed by atoms with E-state index in [1.54, 1.807) is 13.1 Å². The molecule has 1 amide bonds. The zero-order chi connectivity index (χ0) is 23.3. The molecule has 4 rings (SSSR count). The number of amides is 1. The van der Waals surface area contributed by atoms with Crippen molar-refractivity contribution in [2.45, 2.75) is 18.7 Å². The molecular formula is C21H15F5N4O. The first kappa shape index (κ1) is 19.5. The largest absolute Gasteiger partial charge is 0.416 e. The highest BCUT2D eigenvalue weighted by Crippen LogP contribution is 2.35. The van der Waals surface area contributed by atoms with E-state index in [-0.39, 0.29) is 23.4 Å². The Bertz CT molecular complexity index is 1220. The maximum Gasteiger partial charge on any atom is 0.416 e. The van der Waals surface area contributed by atoms with Crippen molar-refractivity contribution in [2.75, 3.05) is 13.6 Å². The van der Waals surface area contributed by atoms with Crippen LogP contribution in [-0.4, -0.2) is 39.6 Å². The second-order valence-corrected chi connectivity index (χ2v) is 7.03. The normalized spacial score (nSPS) is 16.5. The van der Waals surface area contributed by atoms with Crippen LogP contribution in [0, 0.1) is 5.82 Å². The van der Waals surface area contributed by atoms with Gasteiger partial charge >= 0.3 is 6.18 Å². The third kappa shape index (κ3) is 3.97. The molecule has 3 heterocycles. The highest BCUT2D eigenvalue weighted by atomic mass is 19.4. The molecule has 0 radical (unpaired) electrons. The fourth-order valence-electron chi connectivity index (χ4n) is 3.40. The highest BCUT2D eigenvalue weighted by Gasteiger charge is 2.32. The summed E-state index contributed by atoms with van der Waals surface area (Å²) in [6, 6.07) is 3.80. The Morgan fingerprint density at radius 1 is 1.19 bits per heavy atom. The summed E-state index contributed by atoms with van der Waals surface area (Å²) >= 11 is 0. The molecule has 1 aliphatic rings. The molecule has 2 aromatic heterocycles. The lowest BCUT2D eigenvalue weighted by Gasteiger charge is -2.25. The number of nitrogens with zero attached hydrogens (tertiary/aromatic N) is 4. The molecule has 10 heteroatoms. The summed E-state index contributed by atoms with van der Waals surface area (Å²) in [6.07, 6.45) is -5.46. The molecule has 5 nitrogen and oxygen atoms in total. The average molecular weight is 435 g/mol. The Morgan fingerprint density at radius 3 is 2.71 bits per heavy atom. The molecule has 0 aliphatic carbocycles. The minimum Gasteiger partial charge on any atom is -0.341 e. The average Bonchev–Trinajstić information content (AvgIpc) is 2.75. The van der Waals surface area contributed by atoms with Crippen LogP contribution in [0.2, 0.25) is 0 Å². The minimum absolute atomic E-state index is 0.0402. The van der Waals surface area contributed by atoms with E-state index in [0.717, 1.165) is 12.3 Å². The Morgan fingerprint density at radius 2 is 1.97 bits per heavy atom. The van der Waals surface area contributed by atoms with Gasteiger partial charge in [0.15, 0.2) is 6.15 Å². The Labute approximate surface area is 175 Å². The summed E-state index contributed by atoms with van der Waals surface area (Å²) in [5.41, 5.74) is -1.45.